The maximum atomic E-state index is 12.9. The van der Waals surface area contributed by atoms with E-state index in [1.807, 2.05) is 0 Å². The lowest BCUT2D eigenvalue weighted by Gasteiger charge is -2.37. The molecule has 2 aliphatic rings. The smallest absolute Gasteiger partial charge is 0.226 e. The summed E-state index contributed by atoms with van der Waals surface area (Å²) in [4.78, 5) is 12.9. The maximum Gasteiger partial charge on any atom is 0.226 e. The molecule has 1 amide bonds. The zero-order chi connectivity index (χ0) is 14.7. The van der Waals surface area contributed by atoms with Crippen molar-refractivity contribution in [1.29, 1.82) is 0 Å². The lowest BCUT2D eigenvalue weighted by molar-refractivity contribution is -0.134. The van der Waals surface area contributed by atoms with Crippen LogP contribution in [0.3, 0.4) is 0 Å². The highest BCUT2D eigenvalue weighted by molar-refractivity contribution is 5.83. The standard InChI is InChI=1S/C18H26N2O/c1-2-9-18(10-12-19-13-11-18)17(21)20-16-8-7-14-5-3-4-6-15(14)16/h3-6,16,19H,2,7-13H2,1H3,(H,20,21). The fourth-order valence-corrected chi connectivity index (χ4v) is 3.99. The largest absolute Gasteiger partial charge is 0.349 e. The van der Waals surface area contributed by atoms with E-state index in [1.54, 1.807) is 0 Å². The minimum Gasteiger partial charge on any atom is -0.349 e. The molecular weight excluding hydrogens is 260 g/mol. The maximum absolute atomic E-state index is 12.9. The molecule has 1 aliphatic carbocycles. The Hall–Kier alpha value is -1.35. The van der Waals surface area contributed by atoms with E-state index in [0.717, 1.165) is 51.6 Å². The Balaban J connectivity index is 1.73. The van der Waals surface area contributed by atoms with E-state index in [-0.39, 0.29) is 17.4 Å². The highest BCUT2D eigenvalue weighted by Gasteiger charge is 2.40. The van der Waals surface area contributed by atoms with Gasteiger partial charge in [-0.2, -0.15) is 0 Å². The van der Waals surface area contributed by atoms with Crippen molar-refractivity contribution in [2.75, 3.05) is 13.1 Å². The summed E-state index contributed by atoms with van der Waals surface area (Å²) in [5.74, 6) is 0.285. The molecule has 21 heavy (non-hydrogen) atoms. The predicted molar refractivity (Wildman–Crippen MR) is 85.1 cm³/mol. The number of benzene rings is 1. The van der Waals surface area contributed by atoms with Gasteiger partial charge in [0.25, 0.3) is 0 Å². The molecule has 3 nitrogen and oxygen atoms in total. The number of amides is 1. The van der Waals surface area contributed by atoms with Crippen molar-refractivity contribution in [2.24, 2.45) is 5.41 Å². The Bertz CT molecular complexity index is 500. The highest BCUT2D eigenvalue weighted by Crippen LogP contribution is 2.37. The second-order valence-corrected chi connectivity index (χ2v) is 6.54. The molecule has 2 N–H and O–H groups in total. The van der Waals surface area contributed by atoms with Gasteiger partial charge in [0.15, 0.2) is 0 Å². The van der Waals surface area contributed by atoms with Crippen LogP contribution in [0.4, 0.5) is 0 Å². The second kappa shape index (κ2) is 6.18. The number of piperidine rings is 1. The van der Waals surface area contributed by atoms with Crippen LogP contribution < -0.4 is 10.6 Å². The van der Waals surface area contributed by atoms with Crippen molar-refractivity contribution in [3.63, 3.8) is 0 Å². The topological polar surface area (TPSA) is 41.1 Å². The number of aryl methyl sites for hydroxylation is 1. The van der Waals surface area contributed by atoms with Crippen LogP contribution in [0, 0.1) is 5.41 Å². The zero-order valence-electron chi connectivity index (χ0n) is 13.0. The van der Waals surface area contributed by atoms with Crippen molar-refractivity contribution in [2.45, 2.75) is 51.5 Å². The first-order chi connectivity index (χ1) is 10.2. The van der Waals surface area contributed by atoms with Gasteiger partial charge in [0.05, 0.1) is 11.5 Å². The number of hydrogen-bond donors (Lipinski definition) is 2. The lowest BCUT2D eigenvalue weighted by atomic mass is 9.74. The number of fused-ring (bicyclic) bond motifs is 1. The molecule has 0 aromatic heterocycles. The second-order valence-electron chi connectivity index (χ2n) is 6.54. The first kappa shape index (κ1) is 14.6. The third-order valence-electron chi connectivity index (χ3n) is 5.21. The molecule has 0 saturated carbocycles. The third kappa shape index (κ3) is 2.84. The van der Waals surface area contributed by atoms with Crippen LogP contribution in [-0.2, 0) is 11.2 Å². The minimum absolute atomic E-state index is 0.141. The van der Waals surface area contributed by atoms with Gasteiger partial charge in [-0.15, -0.1) is 0 Å². The molecule has 3 heteroatoms. The van der Waals surface area contributed by atoms with E-state index >= 15 is 0 Å². The first-order valence-corrected chi connectivity index (χ1v) is 8.35. The lowest BCUT2D eigenvalue weighted by Crippen LogP contribution is -2.48. The molecular formula is C18H26N2O. The van der Waals surface area contributed by atoms with Crippen LogP contribution in [0.2, 0.25) is 0 Å². The molecule has 1 unspecified atom stereocenters. The van der Waals surface area contributed by atoms with Gasteiger partial charge in [-0.1, -0.05) is 37.6 Å². The summed E-state index contributed by atoms with van der Waals surface area (Å²) in [7, 11) is 0. The van der Waals surface area contributed by atoms with E-state index < -0.39 is 0 Å². The van der Waals surface area contributed by atoms with Gasteiger partial charge < -0.3 is 10.6 Å². The zero-order valence-corrected chi connectivity index (χ0v) is 13.0. The van der Waals surface area contributed by atoms with E-state index in [9.17, 15) is 4.79 Å². The minimum atomic E-state index is -0.141. The summed E-state index contributed by atoms with van der Waals surface area (Å²) in [6.07, 6.45) is 6.17. The summed E-state index contributed by atoms with van der Waals surface area (Å²) >= 11 is 0. The van der Waals surface area contributed by atoms with Gasteiger partial charge in [-0.25, -0.2) is 0 Å². The summed E-state index contributed by atoms with van der Waals surface area (Å²) in [6.45, 7) is 4.12. The van der Waals surface area contributed by atoms with Gasteiger partial charge in [-0.3, -0.25) is 4.79 Å². The van der Waals surface area contributed by atoms with Crippen molar-refractivity contribution in [3.8, 4) is 0 Å². The Labute approximate surface area is 127 Å². The van der Waals surface area contributed by atoms with Crippen molar-refractivity contribution in [1.82, 2.24) is 10.6 Å². The molecule has 1 aliphatic heterocycles. The molecule has 0 radical (unpaired) electrons. The molecule has 1 heterocycles. The van der Waals surface area contributed by atoms with Crippen molar-refractivity contribution < 1.29 is 4.79 Å². The van der Waals surface area contributed by atoms with Crippen LogP contribution >= 0.6 is 0 Å². The summed E-state index contributed by atoms with van der Waals surface area (Å²) in [5, 5.41) is 6.75. The van der Waals surface area contributed by atoms with Crippen LogP contribution in [0.1, 0.15) is 56.2 Å². The molecule has 1 aromatic carbocycles. The average molecular weight is 286 g/mol. The van der Waals surface area contributed by atoms with E-state index in [4.69, 9.17) is 0 Å². The van der Waals surface area contributed by atoms with E-state index in [2.05, 4.69) is 41.8 Å². The molecule has 114 valence electrons. The molecule has 3 rings (SSSR count). The Morgan fingerprint density at radius 1 is 1.33 bits per heavy atom. The predicted octanol–water partition coefficient (Wildman–Crippen LogP) is 2.96. The number of nitrogens with one attached hydrogen (secondary N) is 2. The van der Waals surface area contributed by atoms with Crippen LogP contribution in [-0.4, -0.2) is 19.0 Å². The van der Waals surface area contributed by atoms with Crippen molar-refractivity contribution in [3.05, 3.63) is 35.4 Å². The summed E-state index contributed by atoms with van der Waals surface area (Å²) in [6, 6.07) is 8.75. The number of carbonyl (C=O) groups excluding carboxylic acids is 1. The molecule has 1 atom stereocenters. The normalized spacial score (nSPS) is 23.6. The monoisotopic (exact) mass is 286 g/mol. The van der Waals surface area contributed by atoms with Crippen molar-refractivity contribution >= 4 is 5.91 Å². The molecule has 1 aromatic rings. The Morgan fingerprint density at radius 2 is 2.10 bits per heavy atom. The quantitative estimate of drug-likeness (QED) is 0.893. The third-order valence-corrected chi connectivity index (χ3v) is 5.21. The summed E-state index contributed by atoms with van der Waals surface area (Å²) in [5.41, 5.74) is 2.58. The summed E-state index contributed by atoms with van der Waals surface area (Å²) < 4.78 is 0. The fourth-order valence-electron chi connectivity index (χ4n) is 3.99. The highest BCUT2D eigenvalue weighted by atomic mass is 16.2. The molecule has 1 fully saturated rings. The SMILES string of the molecule is CCCC1(C(=O)NC2CCc3ccccc32)CCNCC1. The number of rotatable bonds is 4. The van der Waals surface area contributed by atoms with Gasteiger partial charge in [-0.05, 0) is 56.3 Å². The Kier molecular flexibility index (Phi) is 4.29. The van der Waals surface area contributed by atoms with Crippen LogP contribution in [0.25, 0.3) is 0 Å². The van der Waals surface area contributed by atoms with Gasteiger partial charge in [0, 0.05) is 0 Å². The van der Waals surface area contributed by atoms with E-state index in [0.29, 0.717) is 0 Å². The van der Waals surface area contributed by atoms with Gasteiger partial charge in [0.1, 0.15) is 0 Å². The number of hydrogen-bond acceptors (Lipinski definition) is 2. The molecule has 0 bridgehead atoms. The van der Waals surface area contributed by atoms with Gasteiger partial charge >= 0.3 is 0 Å². The molecule has 1 saturated heterocycles. The Morgan fingerprint density at radius 3 is 2.86 bits per heavy atom. The fraction of sp³-hybridized carbons (Fsp3) is 0.611. The number of carbonyl (C=O) groups is 1. The first-order valence-electron chi connectivity index (χ1n) is 8.35. The average Bonchev–Trinajstić information content (AvgIpc) is 2.92. The van der Waals surface area contributed by atoms with Crippen LogP contribution in [0.5, 0.6) is 0 Å². The van der Waals surface area contributed by atoms with E-state index in [1.165, 1.54) is 11.1 Å². The molecule has 0 spiro atoms. The van der Waals surface area contributed by atoms with Crippen LogP contribution in [0.15, 0.2) is 24.3 Å². The van der Waals surface area contributed by atoms with Gasteiger partial charge in [0.2, 0.25) is 5.91 Å².